The van der Waals surface area contributed by atoms with Crippen LogP contribution in [0.2, 0.25) is 0 Å². The van der Waals surface area contributed by atoms with E-state index in [2.05, 4.69) is 19.1 Å². The van der Waals surface area contributed by atoms with Crippen molar-refractivity contribution >= 4 is 11.6 Å². The number of ether oxygens (including phenoxy) is 1. The molecule has 2 heteroatoms. The first-order chi connectivity index (χ1) is 6.78. The Morgan fingerprint density at radius 3 is 2.43 bits per heavy atom. The van der Waals surface area contributed by atoms with Crippen LogP contribution in [0.1, 0.15) is 25.3 Å². The van der Waals surface area contributed by atoms with Crippen LogP contribution in [0.15, 0.2) is 24.3 Å². The van der Waals surface area contributed by atoms with Gasteiger partial charge in [-0.25, -0.2) is 0 Å². The van der Waals surface area contributed by atoms with Gasteiger partial charge in [0.15, 0.2) is 0 Å². The summed E-state index contributed by atoms with van der Waals surface area (Å²) < 4.78 is 5.74. The van der Waals surface area contributed by atoms with E-state index in [1.54, 1.807) is 0 Å². The molecular weight excluding hydrogens is 196 g/mol. The summed E-state index contributed by atoms with van der Waals surface area (Å²) in [5, 5.41) is 0.329. The van der Waals surface area contributed by atoms with Gasteiger partial charge in [0, 0.05) is 18.2 Å². The molecule has 0 spiro atoms. The second-order valence-corrected chi connectivity index (χ2v) is 4.42. The van der Waals surface area contributed by atoms with Crippen LogP contribution in [0.25, 0.3) is 0 Å². The lowest BCUT2D eigenvalue weighted by atomic mass is 9.95. The topological polar surface area (TPSA) is 9.23 Å². The highest BCUT2D eigenvalue weighted by atomic mass is 35.5. The zero-order valence-electron chi connectivity index (χ0n) is 8.37. The summed E-state index contributed by atoms with van der Waals surface area (Å²) in [6.07, 6.45) is 3.38. The van der Waals surface area contributed by atoms with Crippen molar-refractivity contribution in [2.45, 2.75) is 37.7 Å². The molecule has 1 aromatic carbocycles. The van der Waals surface area contributed by atoms with Crippen molar-refractivity contribution in [3.05, 3.63) is 29.8 Å². The molecule has 1 aliphatic carbocycles. The van der Waals surface area contributed by atoms with Crippen LogP contribution >= 0.6 is 11.6 Å². The van der Waals surface area contributed by atoms with E-state index >= 15 is 0 Å². The van der Waals surface area contributed by atoms with Gasteiger partial charge >= 0.3 is 0 Å². The Morgan fingerprint density at radius 1 is 1.29 bits per heavy atom. The Bertz CT molecular complexity index is 288. The minimum absolute atomic E-state index is 0.329. The lowest BCUT2D eigenvalue weighted by Gasteiger charge is -2.31. The molecule has 1 nitrogen and oxygen atoms in total. The monoisotopic (exact) mass is 210 g/mol. The molecule has 1 saturated carbocycles. The van der Waals surface area contributed by atoms with Crippen molar-refractivity contribution in [2.75, 3.05) is 0 Å². The second kappa shape index (κ2) is 4.22. The van der Waals surface area contributed by atoms with Gasteiger partial charge < -0.3 is 4.74 Å². The summed E-state index contributed by atoms with van der Waals surface area (Å²) in [7, 11) is 0. The van der Waals surface area contributed by atoms with Crippen molar-refractivity contribution in [1.29, 1.82) is 0 Å². The van der Waals surface area contributed by atoms with E-state index in [0.717, 1.165) is 25.0 Å². The maximum absolute atomic E-state index is 5.88. The van der Waals surface area contributed by atoms with Gasteiger partial charge in [-0.2, -0.15) is 0 Å². The summed E-state index contributed by atoms with van der Waals surface area (Å²) in [5.74, 6) is 0.968. The van der Waals surface area contributed by atoms with E-state index < -0.39 is 0 Å². The van der Waals surface area contributed by atoms with Crippen molar-refractivity contribution in [3.63, 3.8) is 0 Å². The molecule has 14 heavy (non-hydrogen) atoms. The minimum atomic E-state index is 0.329. The summed E-state index contributed by atoms with van der Waals surface area (Å²) in [6, 6.07) is 8.32. The SMILES string of the molecule is CCc1ccc(OC2CC(Cl)C2)cc1. The molecular formula is C12H15ClO. The quantitative estimate of drug-likeness (QED) is 0.695. The van der Waals surface area contributed by atoms with Gasteiger partial charge in [-0.15, -0.1) is 11.6 Å². The van der Waals surface area contributed by atoms with Crippen LogP contribution in [0.4, 0.5) is 0 Å². The van der Waals surface area contributed by atoms with Crippen molar-refractivity contribution in [2.24, 2.45) is 0 Å². The smallest absolute Gasteiger partial charge is 0.119 e. The molecule has 1 fully saturated rings. The van der Waals surface area contributed by atoms with Gasteiger partial charge in [-0.3, -0.25) is 0 Å². The molecule has 0 unspecified atom stereocenters. The predicted molar refractivity (Wildman–Crippen MR) is 59.1 cm³/mol. The molecule has 0 heterocycles. The fourth-order valence-electron chi connectivity index (χ4n) is 1.59. The summed E-state index contributed by atoms with van der Waals surface area (Å²) in [5.41, 5.74) is 1.35. The Kier molecular flexibility index (Phi) is 2.97. The maximum Gasteiger partial charge on any atom is 0.119 e. The van der Waals surface area contributed by atoms with Crippen molar-refractivity contribution < 1.29 is 4.74 Å². The third-order valence-corrected chi connectivity index (χ3v) is 3.03. The Hall–Kier alpha value is -0.690. The number of benzene rings is 1. The molecule has 0 saturated heterocycles. The van der Waals surface area contributed by atoms with Gasteiger partial charge in [0.25, 0.3) is 0 Å². The zero-order valence-corrected chi connectivity index (χ0v) is 9.13. The number of aryl methyl sites for hydroxylation is 1. The molecule has 1 aromatic rings. The van der Waals surface area contributed by atoms with Gasteiger partial charge in [0.05, 0.1) is 0 Å². The Morgan fingerprint density at radius 2 is 1.93 bits per heavy atom. The molecule has 0 N–H and O–H groups in total. The zero-order chi connectivity index (χ0) is 9.97. The largest absolute Gasteiger partial charge is 0.490 e. The van der Waals surface area contributed by atoms with Crippen molar-refractivity contribution in [3.8, 4) is 5.75 Å². The van der Waals surface area contributed by atoms with E-state index in [0.29, 0.717) is 11.5 Å². The molecule has 0 aromatic heterocycles. The van der Waals surface area contributed by atoms with E-state index in [4.69, 9.17) is 16.3 Å². The van der Waals surface area contributed by atoms with Gasteiger partial charge in [0.1, 0.15) is 11.9 Å². The number of hydrogen-bond acceptors (Lipinski definition) is 1. The average Bonchev–Trinajstić information content (AvgIpc) is 2.17. The minimum Gasteiger partial charge on any atom is -0.490 e. The fourth-order valence-corrected chi connectivity index (χ4v) is 1.99. The fraction of sp³-hybridized carbons (Fsp3) is 0.500. The molecule has 0 bridgehead atoms. The van der Waals surface area contributed by atoms with E-state index in [9.17, 15) is 0 Å². The first-order valence-electron chi connectivity index (χ1n) is 5.17. The second-order valence-electron chi connectivity index (χ2n) is 3.81. The molecule has 0 atom stereocenters. The third kappa shape index (κ3) is 2.21. The van der Waals surface area contributed by atoms with E-state index in [1.165, 1.54) is 5.56 Å². The number of alkyl halides is 1. The number of halogens is 1. The first kappa shape index (κ1) is 9.85. The molecule has 76 valence electrons. The number of rotatable bonds is 3. The van der Waals surface area contributed by atoms with Crippen LogP contribution in [0, 0.1) is 0 Å². The standard InChI is InChI=1S/C12H15ClO/c1-2-9-3-5-11(6-4-9)14-12-7-10(13)8-12/h3-6,10,12H,2,7-8H2,1H3. The lowest BCUT2D eigenvalue weighted by Crippen LogP contribution is -2.34. The van der Waals surface area contributed by atoms with Crippen LogP contribution < -0.4 is 4.74 Å². The third-order valence-electron chi connectivity index (χ3n) is 2.67. The summed E-state index contributed by atoms with van der Waals surface area (Å²) >= 11 is 5.88. The normalized spacial score (nSPS) is 25.6. The van der Waals surface area contributed by atoms with E-state index in [-0.39, 0.29) is 0 Å². The van der Waals surface area contributed by atoms with Gasteiger partial charge in [0.2, 0.25) is 0 Å². The average molecular weight is 211 g/mol. The predicted octanol–water partition coefficient (Wildman–Crippen LogP) is 3.40. The van der Waals surface area contributed by atoms with Crippen LogP contribution in [-0.4, -0.2) is 11.5 Å². The highest BCUT2D eigenvalue weighted by Gasteiger charge is 2.28. The lowest BCUT2D eigenvalue weighted by molar-refractivity contribution is 0.124. The summed E-state index contributed by atoms with van der Waals surface area (Å²) in [6.45, 7) is 2.15. The molecule has 0 radical (unpaired) electrons. The maximum atomic E-state index is 5.88. The number of hydrogen-bond donors (Lipinski definition) is 0. The summed E-state index contributed by atoms with van der Waals surface area (Å²) in [4.78, 5) is 0. The van der Waals surface area contributed by atoms with Crippen LogP contribution in [-0.2, 0) is 6.42 Å². The molecule has 1 aliphatic rings. The molecule has 0 amide bonds. The van der Waals surface area contributed by atoms with E-state index in [1.807, 2.05) is 12.1 Å². The molecule has 2 rings (SSSR count). The Balaban J connectivity index is 1.90. The Labute approximate surface area is 90.0 Å². The van der Waals surface area contributed by atoms with Crippen LogP contribution in [0.5, 0.6) is 5.75 Å². The molecule has 0 aliphatic heterocycles. The first-order valence-corrected chi connectivity index (χ1v) is 5.61. The van der Waals surface area contributed by atoms with Crippen molar-refractivity contribution in [1.82, 2.24) is 0 Å². The van der Waals surface area contributed by atoms with Gasteiger partial charge in [-0.1, -0.05) is 19.1 Å². The van der Waals surface area contributed by atoms with Crippen LogP contribution in [0.3, 0.4) is 0 Å². The van der Waals surface area contributed by atoms with Gasteiger partial charge in [-0.05, 0) is 24.1 Å². The highest BCUT2D eigenvalue weighted by Crippen LogP contribution is 2.29. The highest BCUT2D eigenvalue weighted by molar-refractivity contribution is 6.21.